The number of pyridine rings is 1. The first-order valence-electron chi connectivity index (χ1n) is 10.6. The highest BCUT2D eigenvalue weighted by Gasteiger charge is 2.21. The molecule has 0 aliphatic heterocycles. The highest BCUT2D eigenvalue weighted by molar-refractivity contribution is 6.30. The maximum absolute atomic E-state index is 13.6. The van der Waals surface area contributed by atoms with Crippen molar-refractivity contribution in [3.63, 3.8) is 0 Å². The van der Waals surface area contributed by atoms with Gasteiger partial charge in [0.05, 0.1) is 25.3 Å². The van der Waals surface area contributed by atoms with Crippen molar-refractivity contribution in [2.24, 2.45) is 0 Å². The first-order valence-corrected chi connectivity index (χ1v) is 11.0. The number of carbonyl (C=O) groups excluding carboxylic acids is 1. The van der Waals surface area contributed by atoms with E-state index in [0.29, 0.717) is 35.3 Å². The third-order valence-corrected chi connectivity index (χ3v) is 5.82. The molecule has 0 unspecified atom stereocenters. The van der Waals surface area contributed by atoms with Crippen molar-refractivity contribution in [1.82, 2.24) is 9.88 Å². The van der Waals surface area contributed by atoms with Crippen LogP contribution in [0.4, 0.5) is 0 Å². The van der Waals surface area contributed by atoms with Crippen LogP contribution in [-0.4, -0.2) is 30.0 Å². The number of nitrogens with zero attached hydrogens (tertiary/aromatic N) is 2. The summed E-state index contributed by atoms with van der Waals surface area (Å²) in [6.07, 6.45) is 0. The Labute approximate surface area is 198 Å². The van der Waals surface area contributed by atoms with Gasteiger partial charge in [0.25, 0.3) is 5.91 Å². The predicted octanol–water partition coefficient (Wildman–Crippen LogP) is 6.06. The van der Waals surface area contributed by atoms with Gasteiger partial charge in [-0.2, -0.15) is 0 Å². The number of aryl methyl sites for hydroxylation is 1. The number of carbonyl (C=O) groups is 1. The van der Waals surface area contributed by atoms with Gasteiger partial charge in [0.15, 0.2) is 0 Å². The Kier molecular flexibility index (Phi) is 6.80. The van der Waals surface area contributed by atoms with Crippen molar-refractivity contribution in [3.8, 4) is 11.5 Å². The van der Waals surface area contributed by atoms with Crippen molar-refractivity contribution in [2.75, 3.05) is 14.2 Å². The summed E-state index contributed by atoms with van der Waals surface area (Å²) >= 11 is 6.57. The fourth-order valence-electron chi connectivity index (χ4n) is 3.83. The molecule has 0 aliphatic carbocycles. The number of fused-ring (bicyclic) bond motifs is 1. The summed E-state index contributed by atoms with van der Waals surface area (Å²) in [5.74, 6) is 1.11. The lowest BCUT2D eigenvalue weighted by atomic mass is 10.1. The number of para-hydroxylation sites is 1. The second-order valence-corrected chi connectivity index (χ2v) is 8.21. The third kappa shape index (κ3) is 5.10. The Hall–Kier alpha value is -3.57. The minimum atomic E-state index is -0.139. The van der Waals surface area contributed by atoms with Gasteiger partial charge in [-0.25, -0.2) is 4.98 Å². The van der Waals surface area contributed by atoms with Gasteiger partial charge in [0.1, 0.15) is 16.7 Å². The fraction of sp³-hybridized carbons (Fsp3) is 0.185. The molecule has 168 valence electrons. The Morgan fingerprint density at radius 2 is 1.76 bits per heavy atom. The zero-order valence-corrected chi connectivity index (χ0v) is 19.6. The monoisotopic (exact) mass is 460 g/mol. The van der Waals surface area contributed by atoms with Crippen LogP contribution in [0.5, 0.6) is 11.5 Å². The lowest BCUT2D eigenvalue weighted by Gasteiger charge is -2.24. The molecular formula is C27H25ClN2O3. The molecule has 4 rings (SSSR count). The average molecular weight is 461 g/mol. The summed E-state index contributed by atoms with van der Waals surface area (Å²) in [6, 6.07) is 23.0. The van der Waals surface area contributed by atoms with E-state index in [4.69, 9.17) is 21.1 Å². The summed E-state index contributed by atoms with van der Waals surface area (Å²) in [4.78, 5) is 20.0. The van der Waals surface area contributed by atoms with E-state index in [0.717, 1.165) is 27.6 Å². The summed E-state index contributed by atoms with van der Waals surface area (Å²) in [6.45, 7) is 2.77. The maximum Gasteiger partial charge on any atom is 0.258 e. The van der Waals surface area contributed by atoms with E-state index in [-0.39, 0.29) is 5.91 Å². The van der Waals surface area contributed by atoms with Crippen molar-refractivity contribution in [3.05, 3.63) is 100 Å². The zero-order chi connectivity index (χ0) is 23.4. The largest absolute Gasteiger partial charge is 0.497 e. The van der Waals surface area contributed by atoms with Gasteiger partial charge in [-0.05, 0) is 42.8 Å². The van der Waals surface area contributed by atoms with Crippen LogP contribution in [0.15, 0.2) is 72.8 Å². The number of benzene rings is 3. The third-order valence-electron chi connectivity index (χ3n) is 5.49. The first-order chi connectivity index (χ1) is 16.0. The minimum absolute atomic E-state index is 0.139. The predicted molar refractivity (Wildman–Crippen MR) is 131 cm³/mol. The Balaban J connectivity index is 1.73. The molecule has 4 aromatic rings. The smallest absolute Gasteiger partial charge is 0.258 e. The molecule has 0 fully saturated rings. The number of aromatic nitrogens is 1. The lowest BCUT2D eigenvalue weighted by molar-refractivity contribution is 0.0726. The molecule has 3 aromatic carbocycles. The van der Waals surface area contributed by atoms with E-state index < -0.39 is 0 Å². The molecule has 0 radical (unpaired) electrons. The number of amides is 1. The van der Waals surface area contributed by atoms with Crippen LogP contribution in [0.3, 0.4) is 0 Å². The van der Waals surface area contributed by atoms with Crippen LogP contribution < -0.4 is 9.47 Å². The molecule has 1 aromatic heterocycles. The number of methoxy groups -OCH3 is 2. The highest BCUT2D eigenvalue weighted by atomic mass is 35.5. The molecule has 33 heavy (non-hydrogen) atoms. The van der Waals surface area contributed by atoms with E-state index >= 15 is 0 Å². The average Bonchev–Trinajstić information content (AvgIpc) is 2.83. The quantitative estimate of drug-likeness (QED) is 0.315. The molecule has 0 aliphatic rings. The topological polar surface area (TPSA) is 51.7 Å². The van der Waals surface area contributed by atoms with Crippen LogP contribution in [0, 0.1) is 6.92 Å². The van der Waals surface area contributed by atoms with Gasteiger partial charge in [-0.15, -0.1) is 0 Å². The van der Waals surface area contributed by atoms with Gasteiger partial charge in [0.2, 0.25) is 0 Å². The minimum Gasteiger partial charge on any atom is -0.497 e. The van der Waals surface area contributed by atoms with Crippen molar-refractivity contribution in [2.45, 2.75) is 20.0 Å². The van der Waals surface area contributed by atoms with Crippen LogP contribution in [0.25, 0.3) is 10.9 Å². The fourth-order valence-corrected chi connectivity index (χ4v) is 4.04. The zero-order valence-electron chi connectivity index (χ0n) is 18.8. The molecule has 0 saturated carbocycles. The molecule has 0 N–H and O–H groups in total. The second kappa shape index (κ2) is 9.92. The number of rotatable bonds is 7. The molecular weight excluding hydrogens is 436 g/mol. The molecule has 1 amide bonds. The molecule has 0 bridgehead atoms. The van der Waals surface area contributed by atoms with Gasteiger partial charge in [-0.3, -0.25) is 4.79 Å². The molecule has 1 heterocycles. The van der Waals surface area contributed by atoms with Crippen LogP contribution in [-0.2, 0) is 13.1 Å². The van der Waals surface area contributed by atoms with Crippen LogP contribution >= 0.6 is 11.6 Å². The molecule has 6 heteroatoms. The number of ether oxygens (including phenoxy) is 2. The molecule has 0 spiro atoms. The van der Waals surface area contributed by atoms with Crippen LogP contribution in [0.1, 0.15) is 27.0 Å². The molecule has 0 saturated heterocycles. The number of hydrogen-bond acceptors (Lipinski definition) is 4. The highest BCUT2D eigenvalue weighted by Crippen LogP contribution is 2.27. The normalized spacial score (nSPS) is 10.8. The second-order valence-electron chi connectivity index (χ2n) is 7.85. The van der Waals surface area contributed by atoms with Gasteiger partial charge >= 0.3 is 0 Å². The van der Waals surface area contributed by atoms with Gasteiger partial charge < -0.3 is 14.4 Å². The maximum atomic E-state index is 13.6. The number of halogens is 1. The molecule has 0 atom stereocenters. The SMILES string of the molecule is COc1ccc2cc(CN(Cc3cccc(C)c3)C(=O)c3ccccc3OC)c(Cl)nc2c1. The van der Waals surface area contributed by atoms with Crippen molar-refractivity contribution in [1.29, 1.82) is 0 Å². The first kappa shape index (κ1) is 22.6. The number of hydrogen-bond donors (Lipinski definition) is 0. The summed E-state index contributed by atoms with van der Waals surface area (Å²) < 4.78 is 10.7. The van der Waals surface area contributed by atoms with Gasteiger partial charge in [0, 0.05) is 30.1 Å². The Morgan fingerprint density at radius 3 is 2.52 bits per heavy atom. The summed E-state index contributed by atoms with van der Waals surface area (Å²) in [7, 11) is 3.18. The standard InChI is InChI=1S/C27H25ClN2O3/c1-18-7-6-8-19(13-18)16-30(27(31)23-9-4-5-10-25(23)33-3)17-21-14-20-11-12-22(32-2)15-24(20)29-26(21)28/h4-15H,16-17H2,1-3H3. The Bertz CT molecular complexity index is 1310. The van der Waals surface area contributed by atoms with E-state index in [9.17, 15) is 4.79 Å². The molecule has 5 nitrogen and oxygen atoms in total. The van der Waals surface area contributed by atoms with Crippen molar-refractivity contribution >= 4 is 28.4 Å². The summed E-state index contributed by atoms with van der Waals surface area (Å²) in [5, 5.41) is 1.29. The van der Waals surface area contributed by atoms with Gasteiger partial charge in [-0.1, -0.05) is 53.6 Å². The van der Waals surface area contributed by atoms with E-state index in [1.54, 1.807) is 31.3 Å². The van der Waals surface area contributed by atoms with Crippen LogP contribution in [0.2, 0.25) is 5.15 Å². The Morgan fingerprint density at radius 1 is 0.939 bits per heavy atom. The van der Waals surface area contributed by atoms with E-state index in [1.165, 1.54) is 0 Å². The van der Waals surface area contributed by atoms with E-state index in [1.807, 2.05) is 61.5 Å². The lowest BCUT2D eigenvalue weighted by Crippen LogP contribution is -2.30. The summed E-state index contributed by atoms with van der Waals surface area (Å²) in [5.41, 5.74) is 4.18. The van der Waals surface area contributed by atoms with Crippen molar-refractivity contribution < 1.29 is 14.3 Å². The van der Waals surface area contributed by atoms with E-state index in [2.05, 4.69) is 11.1 Å².